The Morgan fingerprint density at radius 2 is 1.96 bits per heavy atom. The number of nitrogens with zero attached hydrogens (tertiary/aromatic N) is 2. The Morgan fingerprint density at radius 1 is 1.30 bits per heavy atom. The molecule has 6 heteroatoms. The number of carbonyl (C=O) groups is 2. The van der Waals surface area contributed by atoms with Crippen molar-refractivity contribution < 1.29 is 14.3 Å². The molecule has 1 saturated heterocycles. The summed E-state index contributed by atoms with van der Waals surface area (Å²) in [5.41, 5.74) is 1.26. The minimum atomic E-state index is -0.397. The lowest BCUT2D eigenvalue weighted by Crippen LogP contribution is -2.58. The average molecular weight is 376 g/mol. The lowest BCUT2D eigenvalue weighted by molar-refractivity contribution is -0.138. The summed E-state index contributed by atoms with van der Waals surface area (Å²) < 4.78 is 5.70. The minimum absolute atomic E-state index is 0.0385. The number of ether oxygens (including phenoxy) is 1. The Balaban J connectivity index is 1.85. The molecule has 6 nitrogen and oxygen atoms in total. The molecule has 1 aliphatic rings. The molecule has 0 aliphatic carbocycles. The second kappa shape index (κ2) is 9.22. The lowest BCUT2D eigenvalue weighted by atomic mass is 9.94. The largest absolute Gasteiger partial charge is 0.492 e. The van der Waals surface area contributed by atoms with Gasteiger partial charge in [0.15, 0.2) is 0 Å². The topological polar surface area (TPSA) is 61.9 Å². The Hall–Kier alpha value is -2.08. The molecule has 0 radical (unpaired) electrons. The first-order valence-corrected chi connectivity index (χ1v) is 9.61. The first-order valence-electron chi connectivity index (χ1n) is 9.61. The van der Waals surface area contributed by atoms with Crippen LogP contribution in [0.15, 0.2) is 24.3 Å². The van der Waals surface area contributed by atoms with E-state index >= 15 is 0 Å². The number of nitrogens with one attached hydrogen (secondary N) is 1. The molecular formula is C21H33N3O3. The molecule has 0 aromatic heterocycles. The highest BCUT2D eigenvalue weighted by molar-refractivity contribution is 5.88. The minimum Gasteiger partial charge on any atom is -0.492 e. The molecule has 2 amide bonds. The fourth-order valence-electron chi connectivity index (χ4n) is 3.16. The van der Waals surface area contributed by atoms with Gasteiger partial charge in [-0.1, -0.05) is 38.5 Å². The van der Waals surface area contributed by atoms with Gasteiger partial charge in [-0.3, -0.25) is 14.5 Å². The number of aryl methyl sites for hydroxylation is 1. The van der Waals surface area contributed by atoms with Crippen LogP contribution < -0.4 is 10.1 Å². The fraction of sp³-hybridized carbons (Fsp3) is 0.619. The van der Waals surface area contributed by atoms with Crippen LogP contribution in [0.25, 0.3) is 0 Å². The van der Waals surface area contributed by atoms with Gasteiger partial charge in [-0.05, 0) is 24.5 Å². The van der Waals surface area contributed by atoms with E-state index in [4.69, 9.17) is 4.74 Å². The van der Waals surface area contributed by atoms with Crippen molar-refractivity contribution in [2.24, 2.45) is 5.41 Å². The third-order valence-corrected chi connectivity index (χ3v) is 4.63. The van der Waals surface area contributed by atoms with Crippen molar-refractivity contribution in [3.8, 4) is 5.75 Å². The van der Waals surface area contributed by atoms with Crippen LogP contribution in [0, 0.1) is 12.3 Å². The normalized spacial score (nSPS) is 18.1. The van der Waals surface area contributed by atoms with Crippen molar-refractivity contribution in [2.75, 3.05) is 39.8 Å². The fourth-order valence-corrected chi connectivity index (χ4v) is 3.16. The molecule has 0 unspecified atom stereocenters. The highest BCUT2D eigenvalue weighted by Gasteiger charge is 2.34. The van der Waals surface area contributed by atoms with Gasteiger partial charge in [0, 0.05) is 26.7 Å². The van der Waals surface area contributed by atoms with Crippen LogP contribution in [0.4, 0.5) is 0 Å². The van der Waals surface area contributed by atoms with Crippen molar-refractivity contribution in [3.05, 3.63) is 29.8 Å². The van der Waals surface area contributed by atoms with Crippen molar-refractivity contribution in [1.29, 1.82) is 0 Å². The van der Waals surface area contributed by atoms with Gasteiger partial charge in [0.1, 0.15) is 12.4 Å². The SMILES string of the molecule is Cc1ccc(OCCN(C)C(=O)C[C@H]2C(=O)NCCN2CC(C)(C)C)cc1. The Kier molecular flexibility index (Phi) is 7.25. The van der Waals surface area contributed by atoms with Crippen molar-refractivity contribution in [3.63, 3.8) is 0 Å². The van der Waals surface area contributed by atoms with Gasteiger partial charge in [-0.15, -0.1) is 0 Å². The number of hydrogen-bond acceptors (Lipinski definition) is 4. The maximum Gasteiger partial charge on any atom is 0.237 e. The smallest absolute Gasteiger partial charge is 0.237 e. The van der Waals surface area contributed by atoms with E-state index in [1.165, 1.54) is 5.56 Å². The predicted octanol–water partition coefficient (Wildman–Crippen LogP) is 2.07. The summed E-state index contributed by atoms with van der Waals surface area (Å²) in [5, 5.41) is 2.89. The molecule has 1 aliphatic heterocycles. The standard InChI is InChI=1S/C21H33N3O3/c1-16-6-8-17(9-7-16)27-13-12-23(5)19(25)14-18-20(26)22-10-11-24(18)15-21(2,3)4/h6-9,18H,10-15H2,1-5H3,(H,22,26)/t18-/m0/s1. The predicted molar refractivity (Wildman–Crippen MR) is 107 cm³/mol. The third kappa shape index (κ3) is 6.86. The van der Waals surface area contributed by atoms with Crippen LogP contribution in [0.2, 0.25) is 0 Å². The molecule has 1 aromatic carbocycles. The molecule has 1 aromatic rings. The molecule has 1 heterocycles. The van der Waals surface area contributed by atoms with Gasteiger partial charge in [0.05, 0.1) is 19.0 Å². The molecule has 1 fully saturated rings. The summed E-state index contributed by atoms with van der Waals surface area (Å²) in [4.78, 5) is 28.7. The van der Waals surface area contributed by atoms with E-state index < -0.39 is 6.04 Å². The van der Waals surface area contributed by atoms with Crippen molar-refractivity contribution >= 4 is 11.8 Å². The average Bonchev–Trinajstić information content (AvgIpc) is 2.58. The molecule has 27 heavy (non-hydrogen) atoms. The number of piperazine rings is 1. The summed E-state index contributed by atoms with van der Waals surface area (Å²) in [5.74, 6) is 0.705. The summed E-state index contributed by atoms with van der Waals surface area (Å²) >= 11 is 0. The van der Waals surface area contributed by atoms with E-state index in [-0.39, 0.29) is 23.7 Å². The van der Waals surface area contributed by atoms with E-state index in [1.54, 1.807) is 11.9 Å². The number of rotatable bonds is 7. The van der Waals surface area contributed by atoms with Crippen molar-refractivity contribution in [2.45, 2.75) is 40.2 Å². The van der Waals surface area contributed by atoms with Gasteiger partial charge in [0.25, 0.3) is 0 Å². The molecule has 0 bridgehead atoms. The van der Waals surface area contributed by atoms with Gasteiger partial charge >= 0.3 is 0 Å². The first kappa shape index (κ1) is 21.2. The van der Waals surface area contributed by atoms with Gasteiger partial charge in [0.2, 0.25) is 11.8 Å². The number of amides is 2. The number of hydrogen-bond donors (Lipinski definition) is 1. The third-order valence-electron chi connectivity index (χ3n) is 4.63. The summed E-state index contributed by atoms with van der Waals surface area (Å²) in [6, 6.07) is 7.44. The summed E-state index contributed by atoms with van der Waals surface area (Å²) in [6.07, 6.45) is 0.197. The zero-order valence-electron chi connectivity index (χ0n) is 17.2. The van der Waals surface area contributed by atoms with Crippen molar-refractivity contribution in [1.82, 2.24) is 15.1 Å². The van der Waals surface area contributed by atoms with E-state index in [1.807, 2.05) is 31.2 Å². The number of likely N-dealkylation sites (N-methyl/N-ethyl adjacent to an activating group) is 1. The maximum atomic E-state index is 12.6. The second-order valence-electron chi connectivity index (χ2n) is 8.52. The quantitative estimate of drug-likeness (QED) is 0.793. The van der Waals surface area contributed by atoms with Crippen LogP contribution in [-0.2, 0) is 9.59 Å². The van der Waals surface area contributed by atoms with E-state index in [2.05, 4.69) is 31.0 Å². The van der Waals surface area contributed by atoms with Crippen LogP contribution in [0.3, 0.4) is 0 Å². The molecule has 150 valence electrons. The number of carbonyl (C=O) groups excluding carboxylic acids is 2. The maximum absolute atomic E-state index is 12.6. The zero-order valence-corrected chi connectivity index (χ0v) is 17.2. The molecule has 2 rings (SSSR count). The van der Waals surface area contributed by atoms with E-state index in [0.717, 1.165) is 18.8 Å². The summed E-state index contributed by atoms with van der Waals surface area (Å²) in [7, 11) is 1.76. The van der Waals surface area contributed by atoms with Crippen LogP contribution in [-0.4, -0.2) is 67.5 Å². The summed E-state index contributed by atoms with van der Waals surface area (Å²) in [6.45, 7) is 11.6. The Bertz CT molecular complexity index is 637. The van der Waals surface area contributed by atoms with E-state index in [0.29, 0.717) is 19.7 Å². The monoisotopic (exact) mass is 375 g/mol. The second-order valence-corrected chi connectivity index (χ2v) is 8.52. The molecule has 0 saturated carbocycles. The highest BCUT2D eigenvalue weighted by Crippen LogP contribution is 2.20. The van der Waals surface area contributed by atoms with Crippen LogP contribution in [0.5, 0.6) is 5.75 Å². The van der Waals surface area contributed by atoms with Gasteiger partial charge in [-0.25, -0.2) is 0 Å². The molecular weight excluding hydrogens is 342 g/mol. The van der Waals surface area contributed by atoms with Crippen LogP contribution in [0.1, 0.15) is 32.8 Å². The Morgan fingerprint density at radius 3 is 2.59 bits per heavy atom. The highest BCUT2D eigenvalue weighted by atomic mass is 16.5. The number of benzene rings is 1. The first-order chi connectivity index (χ1) is 12.7. The molecule has 1 atom stereocenters. The lowest BCUT2D eigenvalue weighted by Gasteiger charge is -2.38. The zero-order chi connectivity index (χ0) is 20.0. The molecule has 1 N–H and O–H groups in total. The Labute approximate surface area is 162 Å². The van der Waals surface area contributed by atoms with Crippen LogP contribution >= 0.6 is 0 Å². The van der Waals surface area contributed by atoms with E-state index in [9.17, 15) is 9.59 Å². The van der Waals surface area contributed by atoms with Gasteiger partial charge in [-0.2, -0.15) is 0 Å². The molecule has 0 spiro atoms. The van der Waals surface area contributed by atoms with Gasteiger partial charge < -0.3 is 15.0 Å².